The average molecular weight is 549 g/mol. The van der Waals surface area contributed by atoms with E-state index in [9.17, 15) is 14.4 Å². The second-order valence-corrected chi connectivity index (χ2v) is 11.6. The molecule has 1 aliphatic carbocycles. The van der Waals surface area contributed by atoms with Gasteiger partial charge in [0.05, 0.1) is 23.0 Å². The van der Waals surface area contributed by atoms with E-state index in [1.54, 1.807) is 13.8 Å². The predicted octanol–water partition coefficient (Wildman–Crippen LogP) is 3.03. The summed E-state index contributed by atoms with van der Waals surface area (Å²) in [6.45, 7) is 7.46. The first-order chi connectivity index (χ1) is 19.3. The molecule has 2 amide bonds. The van der Waals surface area contributed by atoms with Crippen LogP contribution < -0.4 is 10.6 Å². The molecule has 2 aromatic rings. The number of likely N-dealkylation sites (tertiary alicyclic amines) is 2. The van der Waals surface area contributed by atoms with E-state index in [1.165, 1.54) is 0 Å². The van der Waals surface area contributed by atoms with Crippen molar-refractivity contribution >= 4 is 23.7 Å². The standard InChI is InChI=1S/C30H40N6O4/c1-19-27(20(2)33-30(32-19)31-14-26(37)38)29(40)36-17-23-15-35(16-24(23)18-36)13-12-25(21-8-4-3-5-9-21)34-28(39)22-10-6-7-11-22/h3-5,8-9,22-25H,6-7,10-18H2,1-2H3,(H,34,39)(H,37,38)(H,31,32,33). The fourth-order valence-electron chi connectivity index (χ4n) is 6.65. The summed E-state index contributed by atoms with van der Waals surface area (Å²) < 4.78 is 0. The van der Waals surface area contributed by atoms with Crippen molar-refractivity contribution in [3.8, 4) is 0 Å². The third kappa shape index (κ3) is 6.43. The minimum atomic E-state index is -0.999. The van der Waals surface area contributed by atoms with Gasteiger partial charge in [0, 0.05) is 38.6 Å². The summed E-state index contributed by atoms with van der Waals surface area (Å²) in [5, 5.41) is 14.9. The van der Waals surface area contributed by atoms with Crippen LogP contribution in [-0.2, 0) is 9.59 Å². The van der Waals surface area contributed by atoms with Gasteiger partial charge in [-0.1, -0.05) is 43.2 Å². The summed E-state index contributed by atoms with van der Waals surface area (Å²) >= 11 is 0. The highest BCUT2D eigenvalue weighted by molar-refractivity contribution is 5.96. The molecule has 5 rings (SSSR count). The minimum Gasteiger partial charge on any atom is -0.480 e. The highest BCUT2D eigenvalue weighted by Crippen LogP contribution is 2.33. The number of nitrogens with zero attached hydrogens (tertiary/aromatic N) is 4. The molecule has 3 unspecified atom stereocenters. The van der Waals surface area contributed by atoms with Gasteiger partial charge in [-0.25, -0.2) is 9.97 Å². The van der Waals surface area contributed by atoms with E-state index in [1.807, 2.05) is 23.1 Å². The predicted molar refractivity (Wildman–Crippen MR) is 151 cm³/mol. The van der Waals surface area contributed by atoms with Crippen LogP contribution >= 0.6 is 0 Å². The lowest BCUT2D eigenvalue weighted by Crippen LogP contribution is -2.37. The van der Waals surface area contributed by atoms with Crippen molar-refractivity contribution in [2.45, 2.75) is 52.0 Å². The number of anilines is 1. The number of carbonyl (C=O) groups excluding carboxylic acids is 2. The smallest absolute Gasteiger partial charge is 0.322 e. The third-order valence-corrected chi connectivity index (χ3v) is 8.71. The molecule has 0 spiro atoms. The molecule has 2 aliphatic heterocycles. The number of carboxylic acid groups (broad SMARTS) is 1. The van der Waals surface area contributed by atoms with Crippen LogP contribution in [0.3, 0.4) is 0 Å². The first-order valence-electron chi connectivity index (χ1n) is 14.5. The molecule has 3 heterocycles. The molecule has 1 aromatic heterocycles. The van der Waals surface area contributed by atoms with Gasteiger partial charge in [0.2, 0.25) is 11.9 Å². The van der Waals surface area contributed by atoms with Gasteiger partial charge in [-0.3, -0.25) is 14.4 Å². The SMILES string of the molecule is Cc1nc(NCC(=O)O)nc(C)c1C(=O)N1CC2CN(CCC(NC(=O)C3CCCC3)c3ccccc3)CC2C1. The highest BCUT2D eigenvalue weighted by Gasteiger charge is 2.42. The summed E-state index contributed by atoms with van der Waals surface area (Å²) in [4.78, 5) is 50.3. The maximum Gasteiger partial charge on any atom is 0.322 e. The van der Waals surface area contributed by atoms with E-state index in [0.29, 0.717) is 41.9 Å². The fourth-order valence-corrected chi connectivity index (χ4v) is 6.65. The van der Waals surface area contributed by atoms with Crippen molar-refractivity contribution in [2.24, 2.45) is 17.8 Å². The minimum absolute atomic E-state index is 0.00623. The zero-order chi connectivity index (χ0) is 28.2. The summed E-state index contributed by atoms with van der Waals surface area (Å²) in [5.74, 6) is 0.349. The number of carbonyl (C=O) groups is 3. The van der Waals surface area contributed by atoms with Crippen LogP contribution in [0.1, 0.15) is 65.5 Å². The van der Waals surface area contributed by atoms with Crippen LogP contribution in [0.2, 0.25) is 0 Å². The first-order valence-corrected chi connectivity index (χ1v) is 14.5. The van der Waals surface area contributed by atoms with E-state index in [2.05, 4.69) is 37.6 Å². The first kappa shape index (κ1) is 28.0. The van der Waals surface area contributed by atoms with Crippen molar-refractivity contribution in [2.75, 3.05) is 44.6 Å². The summed E-state index contributed by atoms with van der Waals surface area (Å²) in [6.07, 6.45) is 5.14. The summed E-state index contributed by atoms with van der Waals surface area (Å²) in [5.41, 5.74) is 2.76. The second-order valence-electron chi connectivity index (χ2n) is 11.6. The van der Waals surface area contributed by atoms with Gasteiger partial charge in [-0.2, -0.15) is 0 Å². The molecular formula is C30H40N6O4. The molecule has 3 N–H and O–H groups in total. The molecule has 2 saturated heterocycles. The molecule has 0 radical (unpaired) electrons. The maximum atomic E-state index is 13.4. The zero-order valence-electron chi connectivity index (χ0n) is 23.4. The molecule has 10 heteroatoms. The van der Waals surface area contributed by atoms with Crippen molar-refractivity contribution < 1.29 is 19.5 Å². The van der Waals surface area contributed by atoms with Crippen LogP contribution in [0.4, 0.5) is 5.95 Å². The van der Waals surface area contributed by atoms with Crippen molar-refractivity contribution in [3.63, 3.8) is 0 Å². The number of nitrogens with one attached hydrogen (secondary N) is 2. The monoisotopic (exact) mass is 548 g/mol. The van der Waals surface area contributed by atoms with Crippen molar-refractivity contribution in [1.82, 2.24) is 25.1 Å². The van der Waals surface area contributed by atoms with Crippen LogP contribution in [0.25, 0.3) is 0 Å². The summed E-state index contributed by atoms with van der Waals surface area (Å²) in [7, 11) is 0. The number of amides is 2. The Balaban J connectivity index is 1.16. The molecule has 0 bridgehead atoms. The van der Waals surface area contributed by atoms with Gasteiger partial charge in [-0.05, 0) is 50.5 Å². The number of hydrogen-bond acceptors (Lipinski definition) is 7. The average Bonchev–Trinajstić information content (AvgIpc) is 3.67. The molecule has 3 atom stereocenters. The number of rotatable bonds is 10. The number of aromatic nitrogens is 2. The topological polar surface area (TPSA) is 128 Å². The van der Waals surface area contributed by atoms with Gasteiger partial charge in [-0.15, -0.1) is 0 Å². The van der Waals surface area contributed by atoms with Crippen LogP contribution in [0.5, 0.6) is 0 Å². The largest absolute Gasteiger partial charge is 0.480 e. The zero-order valence-corrected chi connectivity index (χ0v) is 23.4. The molecule has 1 aromatic carbocycles. The van der Waals surface area contributed by atoms with Crippen molar-refractivity contribution in [1.29, 1.82) is 0 Å². The van der Waals surface area contributed by atoms with E-state index in [-0.39, 0.29) is 36.3 Å². The van der Waals surface area contributed by atoms with Crippen molar-refractivity contribution in [3.05, 3.63) is 52.8 Å². The van der Waals surface area contributed by atoms with Gasteiger partial charge in [0.25, 0.3) is 5.91 Å². The Labute approximate surface area is 235 Å². The second kappa shape index (κ2) is 12.3. The molecular weight excluding hydrogens is 508 g/mol. The normalized spacial score (nSPS) is 21.8. The molecule has 214 valence electrons. The number of carboxylic acids is 1. The lowest BCUT2D eigenvalue weighted by molar-refractivity contribution is -0.135. The van der Waals surface area contributed by atoms with Crippen LogP contribution in [-0.4, -0.2) is 81.9 Å². The Morgan fingerprint density at radius 2 is 1.60 bits per heavy atom. The fraction of sp³-hybridized carbons (Fsp3) is 0.567. The highest BCUT2D eigenvalue weighted by atomic mass is 16.4. The molecule has 1 saturated carbocycles. The number of fused-ring (bicyclic) bond motifs is 1. The number of aliphatic carboxylic acids is 1. The Kier molecular flexibility index (Phi) is 8.63. The molecule has 40 heavy (non-hydrogen) atoms. The molecule has 3 fully saturated rings. The number of hydrogen-bond donors (Lipinski definition) is 3. The van der Waals surface area contributed by atoms with Gasteiger partial charge in [0.15, 0.2) is 0 Å². The van der Waals surface area contributed by atoms with Gasteiger partial charge in [0.1, 0.15) is 6.54 Å². The van der Waals surface area contributed by atoms with E-state index in [0.717, 1.165) is 57.3 Å². The number of benzene rings is 1. The Morgan fingerprint density at radius 3 is 2.20 bits per heavy atom. The van der Waals surface area contributed by atoms with Crippen LogP contribution in [0, 0.1) is 31.6 Å². The third-order valence-electron chi connectivity index (χ3n) is 8.71. The van der Waals surface area contributed by atoms with E-state index in [4.69, 9.17) is 5.11 Å². The number of aryl methyl sites for hydroxylation is 2. The molecule has 3 aliphatic rings. The van der Waals surface area contributed by atoms with E-state index < -0.39 is 5.97 Å². The lowest BCUT2D eigenvalue weighted by Gasteiger charge is -2.26. The molecule has 10 nitrogen and oxygen atoms in total. The summed E-state index contributed by atoms with van der Waals surface area (Å²) in [6, 6.07) is 10.3. The quantitative estimate of drug-likeness (QED) is 0.414. The van der Waals surface area contributed by atoms with E-state index >= 15 is 0 Å². The van der Waals surface area contributed by atoms with Gasteiger partial charge >= 0.3 is 5.97 Å². The Hall–Kier alpha value is -3.53. The lowest BCUT2D eigenvalue weighted by atomic mass is 10.0. The maximum absolute atomic E-state index is 13.4. The Bertz CT molecular complexity index is 1190. The van der Waals surface area contributed by atoms with Gasteiger partial charge < -0.3 is 25.5 Å². The van der Waals surface area contributed by atoms with Crippen LogP contribution in [0.15, 0.2) is 30.3 Å². The Morgan fingerprint density at radius 1 is 0.975 bits per heavy atom.